The second-order valence-electron chi connectivity index (χ2n) is 5.13. The zero-order chi connectivity index (χ0) is 14.2. The first-order valence-corrected chi connectivity index (χ1v) is 7.42. The molecule has 1 aromatic rings. The molecule has 0 saturated carbocycles. The molecular formula is C16H23NO3. The molecule has 1 aromatic carbocycles. The average Bonchev–Trinajstić information content (AvgIpc) is 2.97. The number of anilines is 1. The molecule has 1 atom stereocenters. The molecule has 1 heterocycles. The van der Waals surface area contributed by atoms with E-state index in [4.69, 9.17) is 9.47 Å². The van der Waals surface area contributed by atoms with E-state index < -0.39 is 0 Å². The van der Waals surface area contributed by atoms with Gasteiger partial charge in [0.1, 0.15) is 12.4 Å². The maximum absolute atomic E-state index is 11.7. The fourth-order valence-electron chi connectivity index (χ4n) is 2.19. The summed E-state index contributed by atoms with van der Waals surface area (Å²) in [7, 11) is 0. The number of nitrogens with one attached hydrogen (secondary N) is 1. The van der Waals surface area contributed by atoms with E-state index in [1.807, 2.05) is 24.3 Å². The van der Waals surface area contributed by atoms with Crippen LogP contribution in [0.2, 0.25) is 0 Å². The van der Waals surface area contributed by atoms with Crippen LogP contribution in [0.5, 0.6) is 5.75 Å². The van der Waals surface area contributed by atoms with Gasteiger partial charge in [0.2, 0.25) is 5.91 Å². The number of carbonyl (C=O) groups is 1. The first-order chi connectivity index (χ1) is 9.78. The predicted octanol–water partition coefficient (Wildman–Crippen LogP) is 3.37. The lowest BCUT2D eigenvalue weighted by molar-refractivity contribution is -0.116. The van der Waals surface area contributed by atoms with Crippen molar-refractivity contribution < 1.29 is 14.3 Å². The van der Waals surface area contributed by atoms with Crippen molar-refractivity contribution in [1.29, 1.82) is 0 Å². The van der Waals surface area contributed by atoms with Gasteiger partial charge in [-0.05, 0) is 31.4 Å². The molecule has 2 rings (SSSR count). The van der Waals surface area contributed by atoms with Crippen LogP contribution in [0.1, 0.15) is 39.0 Å². The summed E-state index contributed by atoms with van der Waals surface area (Å²) in [4.78, 5) is 11.7. The Morgan fingerprint density at radius 1 is 1.50 bits per heavy atom. The number of carbonyl (C=O) groups excluding carboxylic acids is 1. The average molecular weight is 277 g/mol. The Balaban J connectivity index is 1.82. The Labute approximate surface area is 120 Å². The van der Waals surface area contributed by atoms with Crippen molar-refractivity contribution in [3.8, 4) is 5.75 Å². The van der Waals surface area contributed by atoms with E-state index in [0.717, 1.165) is 43.7 Å². The van der Waals surface area contributed by atoms with Crippen LogP contribution in [0.15, 0.2) is 24.3 Å². The second-order valence-corrected chi connectivity index (χ2v) is 5.13. The lowest BCUT2D eigenvalue weighted by Gasteiger charge is -2.12. The molecule has 0 spiro atoms. The molecule has 4 nitrogen and oxygen atoms in total. The van der Waals surface area contributed by atoms with E-state index in [-0.39, 0.29) is 12.0 Å². The number of benzene rings is 1. The minimum Gasteiger partial charge on any atom is -0.491 e. The van der Waals surface area contributed by atoms with E-state index in [1.165, 1.54) is 0 Å². The standard InChI is InChI=1S/C16H23NO3/c1-2-3-9-16(18)17-13-6-4-7-14(11-13)20-12-15-8-5-10-19-15/h4,6-7,11,15H,2-3,5,8-10,12H2,1H3,(H,17,18). The van der Waals surface area contributed by atoms with Crippen molar-refractivity contribution >= 4 is 11.6 Å². The summed E-state index contributed by atoms with van der Waals surface area (Å²) >= 11 is 0. The molecule has 1 aliphatic heterocycles. The maximum Gasteiger partial charge on any atom is 0.224 e. The number of hydrogen-bond acceptors (Lipinski definition) is 3. The van der Waals surface area contributed by atoms with Crippen molar-refractivity contribution in [2.24, 2.45) is 0 Å². The minimum atomic E-state index is 0.0585. The van der Waals surface area contributed by atoms with Crippen LogP contribution in [-0.2, 0) is 9.53 Å². The summed E-state index contributed by atoms with van der Waals surface area (Å²) in [6.07, 6.45) is 4.89. The molecule has 1 fully saturated rings. The molecule has 20 heavy (non-hydrogen) atoms. The fraction of sp³-hybridized carbons (Fsp3) is 0.562. The third-order valence-electron chi connectivity index (χ3n) is 3.34. The number of amides is 1. The Kier molecular flexibility index (Phi) is 5.87. The predicted molar refractivity (Wildman–Crippen MR) is 79.1 cm³/mol. The van der Waals surface area contributed by atoms with Gasteiger partial charge in [-0.1, -0.05) is 19.4 Å². The van der Waals surface area contributed by atoms with Gasteiger partial charge in [-0.15, -0.1) is 0 Å². The Bertz CT molecular complexity index is 427. The van der Waals surface area contributed by atoms with Crippen LogP contribution in [0, 0.1) is 0 Å². The van der Waals surface area contributed by atoms with Gasteiger partial charge < -0.3 is 14.8 Å². The van der Waals surface area contributed by atoms with E-state index >= 15 is 0 Å². The molecule has 1 unspecified atom stereocenters. The van der Waals surface area contributed by atoms with Crippen molar-refractivity contribution in [1.82, 2.24) is 0 Å². The first-order valence-electron chi connectivity index (χ1n) is 7.42. The zero-order valence-corrected chi connectivity index (χ0v) is 12.1. The van der Waals surface area contributed by atoms with Gasteiger partial charge in [0, 0.05) is 24.8 Å². The zero-order valence-electron chi connectivity index (χ0n) is 12.1. The largest absolute Gasteiger partial charge is 0.491 e. The maximum atomic E-state index is 11.7. The lowest BCUT2D eigenvalue weighted by Crippen LogP contribution is -2.16. The van der Waals surface area contributed by atoms with Crippen LogP contribution in [-0.4, -0.2) is 25.2 Å². The molecule has 0 bridgehead atoms. The van der Waals surface area contributed by atoms with Gasteiger partial charge in [0.05, 0.1) is 6.10 Å². The fourth-order valence-corrected chi connectivity index (χ4v) is 2.19. The SMILES string of the molecule is CCCCC(=O)Nc1cccc(OCC2CCCO2)c1. The van der Waals surface area contributed by atoms with E-state index in [9.17, 15) is 4.79 Å². The third-order valence-corrected chi connectivity index (χ3v) is 3.34. The van der Waals surface area contributed by atoms with E-state index in [0.29, 0.717) is 13.0 Å². The van der Waals surface area contributed by atoms with Crippen molar-refractivity contribution in [3.63, 3.8) is 0 Å². The Morgan fingerprint density at radius 3 is 3.15 bits per heavy atom. The molecule has 4 heteroatoms. The Hall–Kier alpha value is -1.55. The summed E-state index contributed by atoms with van der Waals surface area (Å²) in [5, 5.41) is 2.89. The van der Waals surface area contributed by atoms with Crippen LogP contribution in [0.25, 0.3) is 0 Å². The normalized spacial score (nSPS) is 17.9. The Morgan fingerprint density at radius 2 is 2.40 bits per heavy atom. The summed E-state index contributed by atoms with van der Waals surface area (Å²) in [5.74, 6) is 0.830. The van der Waals surface area contributed by atoms with Crippen molar-refractivity contribution in [2.75, 3.05) is 18.5 Å². The van der Waals surface area contributed by atoms with Crippen LogP contribution >= 0.6 is 0 Å². The van der Waals surface area contributed by atoms with Gasteiger partial charge in [0.15, 0.2) is 0 Å². The summed E-state index contributed by atoms with van der Waals surface area (Å²) in [5.41, 5.74) is 0.788. The molecule has 1 N–H and O–H groups in total. The van der Waals surface area contributed by atoms with Gasteiger partial charge in [-0.3, -0.25) is 4.79 Å². The summed E-state index contributed by atoms with van der Waals surface area (Å²) in [6.45, 7) is 3.49. The van der Waals surface area contributed by atoms with E-state index in [1.54, 1.807) is 0 Å². The van der Waals surface area contributed by atoms with Crippen LogP contribution < -0.4 is 10.1 Å². The quantitative estimate of drug-likeness (QED) is 0.831. The second kappa shape index (κ2) is 7.90. The number of rotatable bonds is 7. The molecule has 1 aliphatic rings. The number of ether oxygens (including phenoxy) is 2. The topological polar surface area (TPSA) is 47.6 Å². The number of hydrogen-bond donors (Lipinski definition) is 1. The minimum absolute atomic E-state index is 0.0585. The van der Waals surface area contributed by atoms with Gasteiger partial charge in [-0.2, -0.15) is 0 Å². The van der Waals surface area contributed by atoms with E-state index in [2.05, 4.69) is 12.2 Å². The highest BCUT2D eigenvalue weighted by Crippen LogP contribution is 2.20. The molecule has 1 amide bonds. The molecule has 110 valence electrons. The first kappa shape index (κ1) is 14.9. The van der Waals surface area contributed by atoms with Crippen molar-refractivity contribution in [3.05, 3.63) is 24.3 Å². The van der Waals surface area contributed by atoms with Gasteiger partial charge in [-0.25, -0.2) is 0 Å². The molecule has 1 saturated heterocycles. The highest BCUT2D eigenvalue weighted by atomic mass is 16.5. The molecule has 0 aromatic heterocycles. The lowest BCUT2D eigenvalue weighted by atomic mass is 10.2. The monoisotopic (exact) mass is 277 g/mol. The third kappa shape index (κ3) is 4.85. The molecular weight excluding hydrogens is 254 g/mol. The molecule has 0 radical (unpaired) electrons. The highest BCUT2D eigenvalue weighted by Gasteiger charge is 2.16. The number of unbranched alkanes of at least 4 members (excludes halogenated alkanes) is 1. The smallest absolute Gasteiger partial charge is 0.224 e. The van der Waals surface area contributed by atoms with Gasteiger partial charge in [0.25, 0.3) is 0 Å². The van der Waals surface area contributed by atoms with Crippen molar-refractivity contribution in [2.45, 2.75) is 45.1 Å². The summed E-state index contributed by atoms with van der Waals surface area (Å²) < 4.78 is 11.2. The van der Waals surface area contributed by atoms with Crippen LogP contribution in [0.3, 0.4) is 0 Å². The highest BCUT2D eigenvalue weighted by molar-refractivity contribution is 5.90. The summed E-state index contributed by atoms with van der Waals surface area (Å²) in [6, 6.07) is 7.53. The molecule has 0 aliphatic carbocycles. The van der Waals surface area contributed by atoms with Gasteiger partial charge >= 0.3 is 0 Å². The van der Waals surface area contributed by atoms with Crippen LogP contribution in [0.4, 0.5) is 5.69 Å².